The molecule has 2 aromatic carbocycles. The highest BCUT2D eigenvalue weighted by molar-refractivity contribution is 7.18. The number of anilines is 2. The van der Waals surface area contributed by atoms with Crippen LogP contribution in [0.4, 0.5) is 10.9 Å². The molecule has 0 aliphatic carbocycles. The minimum atomic E-state index is -0.165. The van der Waals surface area contributed by atoms with Gasteiger partial charge in [-0.3, -0.25) is 14.5 Å². The number of hydrogen-bond donors (Lipinski definition) is 1. The molecule has 142 valence electrons. The van der Waals surface area contributed by atoms with Crippen molar-refractivity contribution in [1.29, 1.82) is 0 Å². The number of aromatic nitrogens is 1. The lowest BCUT2D eigenvalue weighted by atomic mass is 10.2. The molecule has 0 spiro atoms. The summed E-state index contributed by atoms with van der Waals surface area (Å²) in [5.74, 6) is 0.107. The quantitative estimate of drug-likeness (QED) is 0.723. The number of amides is 2. The number of nitrogens with zero attached hydrogens (tertiary/aromatic N) is 3. The smallest absolute Gasteiger partial charge is 0.268 e. The predicted octanol–water partition coefficient (Wildman–Crippen LogP) is 3.37. The van der Waals surface area contributed by atoms with Gasteiger partial charge >= 0.3 is 0 Å². The fraction of sp³-hybridized carbons (Fsp3) is 0.190. The Hall–Kier alpha value is -3.19. The molecule has 7 heteroatoms. The summed E-state index contributed by atoms with van der Waals surface area (Å²) in [5, 5.41) is 3.89. The van der Waals surface area contributed by atoms with Crippen LogP contribution in [-0.4, -0.2) is 35.3 Å². The van der Waals surface area contributed by atoms with Crippen LogP contribution in [0.2, 0.25) is 0 Å². The number of likely N-dealkylation sites (N-methyl/N-ethyl adjacent to an activating group) is 1. The minimum absolute atomic E-state index is 0.0418. The normalized spacial score (nSPS) is 14.0. The van der Waals surface area contributed by atoms with E-state index in [9.17, 15) is 9.59 Å². The Kier molecular flexibility index (Phi) is 5.08. The molecule has 6 nitrogen and oxygen atoms in total. The fourth-order valence-corrected chi connectivity index (χ4v) is 4.02. The van der Waals surface area contributed by atoms with Crippen LogP contribution >= 0.6 is 11.3 Å². The molecule has 1 aliphatic rings. The molecule has 0 saturated heterocycles. The monoisotopic (exact) mass is 392 g/mol. The van der Waals surface area contributed by atoms with E-state index < -0.39 is 0 Å². The molecule has 0 unspecified atom stereocenters. The second-order valence-corrected chi connectivity index (χ2v) is 7.61. The third kappa shape index (κ3) is 3.75. The van der Waals surface area contributed by atoms with E-state index in [1.54, 1.807) is 11.9 Å². The molecule has 0 radical (unpaired) electrons. The molecule has 3 aromatic rings. The number of nitrogens with one attached hydrogen (secondary N) is 1. The van der Waals surface area contributed by atoms with Gasteiger partial charge in [-0.15, -0.1) is 0 Å². The Labute approximate surface area is 167 Å². The highest BCUT2D eigenvalue weighted by Gasteiger charge is 2.33. The number of hydrogen-bond acceptors (Lipinski definition) is 5. The van der Waals surface area contributed by atoms with Gasteiger partial charge in [0, 0.05) is 20.1 Å². The van der Waals surface area contributed by atoms with Crippen LogP contribution in [0.3, 0.4) is 0 Å². The van der Waals surface area contributed by atoms with Gasteiger partial charge in [-0.1, -0.05) is 72.0 Å². The first-order valence-corrected chi connectivity index (χ1v) is 9.82. The summed E-state index contributed by atoms with van der Waals surface area (Å²) in [6.07, 6.45) is 0. The van der Waals surface area contributed by atoms with Gasteiger partial charge in [0.25, 0.3) is 5.91 Å². The van der Waals surface area contributed by atoms with Gasteiger partial charge in [-0.2, -0.15) is 0 Å². The lowest BCUT2D eigenvalue weighted by molar-refractivity contribution is -0.119. The number of carbonyl (C=O) groups excluding carboxylic acids is 2. The maximum atomic E-state index is 13.1. The van der Waals surface area contributed by atoms with Gasteiger partial charge in [-0.25, -0.2) is 4.98 Å². The maximum absolute atomic E-state index is 13.1. The number of rotatable bonds is 5. The first-order chi connectivity index (χ1) is 13.6. The van der Waals surface area contributed by atoms with Crippen molar-refractivity contribution < 1.29 is 9.59 Å². The van der Waals surface area contributed by atoms with Crippen molar-refractivity contribution in [3.63, 3.8) is 0 Å². The molecule has 4 rings (SSSR count). The van der Waals surface area contributed by atoms with Crippen molar-refractivity contribution in [2.45, 2.75) is 13.1 Å². The van der Waals surface area contributed by atoms with Crippen LogP contribution in [0.1, 0.15) is 20.8 Å². The van der Waals surface area contributed by atoms with Crippen molar-refractivity contribution in [1.82, 2.24) is 9.88 Å². The van der Waals surface area contributed by atoms with Gasteiger partial charge in [0.1, 0.15) is 11.4 Å². The van der Waals surface area contributed by atoms with Crippen LogP contribution in [0.25, 0.3) is 0 Å². The van der Waals surface area contributed by atoms with E-state index >= 15 is 0 Å². The molecular weight excluding hydrogens is 372 g/mol. The molecule has 28 heavy (non-hydrogen) atoms. The molecule has 1 aliphatic heterocycles. The number of carbonyl (C=O) groups is 2. The van der Waals surface area contributed by atoms with E-state index in [1.807, 2.05) is 60.7 Å². The van der Waals surface area contributed by atoms with Crippen molar-refractivity contribution in [2.75, 3.05) is 23.8 Å². The summed E-state index contributed by atoms with van der Waals surface area (Å²) in [6, 6.07) is 19.7. The highest BCUT2D eigenvalue weighted by atomic mass is 32.1. The zero-order valence-electron chi connectivity index (χ0n) is 15.5. The Morgan fingerprint density at radius 2 is 1.64 bits per heavy atom. The van der Waals surface area contributed by atoms with Crippen molar-refractivity contribution in [3.8, 4) is 0 Å². The summed E-state index contributed by atoms with van der Waals surface area (Å²) >= 11 is 1.29. The Morgan fingerprint density at radius 1 is 1.00 bits per heavy atom. The maximum Gasteiger partial charge on any atom is 0.268 e. The zero-order valence-corrected chi connectivity index (χ0v) is 16.3. The second kappa shape index (κ2) is 7.82. The molecule has 0 saturated carbocycles. The average molecular weight is 392 g/mol. The first-order valence-electron chi connectivity index (χ1n) is 9.00. The number of benzene rings is 2. The molecule has 2 heterocycles. The molecule has 0 atom stereocenters. The zero-order chi connectivity index (χ0) is 19.5. The summed E-state index contributed by atoms with van der Waals surface area (Å²) < 4.78 is 0. The lowest BCUT2D eigenvalue weighted by Crippen LogP contribution is -2.37. The van der Waals surface area contributed by atoms with Crippen LogP contribution in [-0.2, 0) is 17.9 Å². The van der Waals surface area contributed by atoms with Crippen molar-refractivity contribution in [2.24, 2.45) is 0 Å². The SMILES string of the molecule is CN1C(=O)CN(Cc2ccccc2)C(=O)c2sc(NCc3ccccc3)nc21. The number of fused-ring (bicyclic) bond motifs is 1. The first kappa shape index (κ1) is 18.2. The van der Waals surface area contributed by atoms with Gasteiger partial charge in [0.05, 0.1) is 0 Å². The third-order valence-corrected chi connectivity index (χ3v) is 5.60. The largest absolute Gasteiger partial charge is 0.357 e. The van der Waals surface area contributed by atoms with E-state index in [-0.39, 0.29) is 18.4 Å². The van der Waals surface area contributed by atoms with Gasteiger partial charge in [-0.05, 0) is 11.1 Å². The Bertz CT molecular complexity index is 988. The highest BCUT2D eigenvalue weighted by Crippen LogP contribution is 2.33. The molecule has 0 fully saturated rings. The van der Waals surface area contributed by atoms with Crippen LogP contribution < -0.4 is 10.2 Å². The van der Waals surface area contributed by atoms with Crippen LogP contribution in [0.15, 0.2) is 60.7 Å². The minimum Gasteiger partial charge on any atom is -0.357 e. The molecule has 2 amide bonds. The molecule has 1 aromatic heterocycles. The summed E-state index contributed by atoms with van der Waals surface area (Å²) in [7, 11) is 1.67. The van der Waals surface area contributed by atoms with Gasteiger partial charge in [0.15, 0.2) is 10.9 Å². The second-order valence-electron chi connectivity index (χ2n) is 6.61. The lowest BCUT2D eigenvalue weighted by Gasteiger charge is -2.20. The summed E-state index contributed by atoms with van der Waals surface area (Å²) in [6.45, 7) is 1.04. The molecular formula is C21H20N4O2S. The van der Waals surface area contributed by atoms with Crippen LogP contribution in [0.5, 0.6) is 0 Å². The van der Waals surface area contributed by atoms with E-state index in [4.69, 9.17) is 0 Å². The van der Waals surface area contributed by atoms with Gasteiger partial charge < -0.3 is 10.2 Å². The van der Waals surface area contributed by atoms with Crippen molar-refractivity contribution in [3.05, 3.63) is 76.7 Å². The molecule has 1 N–H and O–H groups in total. The fourth-order valence-electron chi connectivity index (χ4n) is 3.06. The Morgan fingerprint density at radius 3 is 2.32 bits per heavy atom. The summed E-state index contributed by atoms with van der Waals surface area (Å²) in [4.78, 5) is 33.8. The third-order valence-electron chi connectivity index (χ3n) is 4.61. The van der Waals surface area contributed by atoms with Crippen LogP contribution in [0, 0.1) is 0 Å². The standard InChI is InChI=1S/C21H20N4O2S/c1-24-17(26)14-25(13-16-10-6-3-7-11-16)20(27)18-19(24)23-21(28-18)22-12-15-8-4-2-5-9-15/h2-11H,12-14H2,1H3,(H,22,23). The van der Waals surface area contributed by atoms with E-state index in [2.05, 4.69) is 10.3 Å². The van der Waals surface area contributed by atoms with E-state index in [0.717, 1.165) is 11.1 Å². The van der Waals surface area contributed by atoms with E-state index in [0.29, 0.717) is 28.9 Å². The Balaban J connectivity index is 1.58. The summed E-state index contributed by atoms with van der Waals surface area (Å²) in [5.41, 5.74) is 2.11. The average Bonchev–Trinajstić information content (AvgIpc) is 3.13. The van der Waals surface area contributed by atoms with Crippen molar-refractivity contribution >= 4 is 34.1 Å². The number of thiazole rings is 1. The van der Waals surface area contributed by atoms with Gasteiger partial charge in [0.2, 0.25) is 5.91 Å². The topological polar surface area (TPSA) is 65.5 Å². The molecule has 0 bridgehead atoms. The van der Waals surface area contributed by atoms with E-state index in [1.165, 1.54) is 16.2 Å². The predicted molar refractivity (Wildman–Crippen MR) is 110 cm³/mol.